The largest absolute Gasteiger partial charge is 0.313 e. The molecule has 1 heteroatoms. The van der Waals surface area contributed by atoms with E-state index in [9.17, 15) is 0 Å². The molecule has 0 bridgehead atoms. The van der Waals surface area contributed by atoms with Gasteiger partial charge in [-0.2, -0.15) is 0 Å². The topological polar surface area (TPSA) is 12.0 Å². The lowest BCUT2D eigenvalue weighted by atomic mass is 10.1. The summed E-state index contributed by atoms with van der Waals surface area (Å²) in [6, 6.07) is 0. The Balaban J connectivity index is 0. The Morgan fingerprint density at radius 2 is 1.73 bits per heavy atom. The molecule has 0 fully saturated rings. The molecule has 68 valence electrons. The zero-order chi connectivity index (χ0) is 9.11. The van der Waals surface area contributed by atoms with Gasteiger partial charge in [0, 0.05) is 13.1 Å². The number of rotatable bonds is 0. The average molecular weight is 157 g/mol. The third kappa shape index (κ3) is 9.70. The van der Waals surface area contributed by atoms with Crippen LogP contribution in [-0.2, 0) is 0 Å². The van der Waals surface area contributed by atoms with Crippen molar-refractivity contribution >= 4 is 0 Å². The highest BCUT2D eigenvalue weighted by Crippen LogP contribution is 1.97. The van der Waals surface area contributed by atoms with Crippen molar-refractivity contribution in [1.82, 2.24) is 5.32 Å². The molecule has 1 heterocycles. The van der Waals surface area contributed by atoms with Crippen molar-refractivity contribution in [3.63, 3.8) is 0 Å². The van der Waals surface area contributed by atoms with E-state index in [1.165, 1.54) is 0 Å². The molecule has 1 nitrogen and oxygen atoms in total. The highest BCUT2D eigenvalue weighted by Gasteiger charge is 1.97. The van der Waals surface area contributed by atoms with Crippen LogP contribution in [0.3, 0.4) is 0 Å². The van der Waals surface area contributed by atoms with E-state index in [1.54, 1.807) is 0 Å². The minimum atomic E-state index is 0.744. The summed E-state index contributed by atoms with van der Waals surface area (Å²) >= 11 is 0. The summed E-state index contributed by atoms with van der Waals surface area (Å²) in [6.45, 7) is 12.4. The molecule has 0 aromatic heterocycles. The minimum Gasteiger partial charge on any atom is -0.313 e. The molecule has 1 aliphatic rings. The molecule has 1 N–H and O–H groups in total. The monoisotopic (exact) mass is 157 g/mol. The fraction of sp³-hybridized carbons (Fsp3) is 0.800. The Hall–Kier alpha value is -0.300. The third-order valence-corrected chi connectivity index (χ3v) is 1.19. The van der Waals surface area contributed by atoms with E-state index in [0.717, 1.165) is 19.0 Å². The van der Waals surface area contributed by atoms with Crippen LogP contribution in [0.5, 0.6) is 0 Å². The summed E-state index contributed by atoms with van der Waals surface area (Å²) in [5.74, 6) is 0.744. The SMILES string of the molecule is CC.CC.CC1C=CCNC1. The van der Waals surface area contributed by atoms with E-state index >= 15 is 0 Å². The van der Waals surface area contributed by atoms with Gasteiger partial charge in [-0.05, 0) is 5.92 Å². The van der Waals surface area contributed by atoms with E-state index in [1.807, 2.05) is 27.7 Å². The second-order valence-corrected chi connectivity index (χ2v) is 2.06. The first-order valence-corrected chi connectivity index (χ1v) is 4.77. The summed E-state index contributed by atoms with van der Waals surface area (Å²) in [5.41, 5.74) is 0. The molecule has 0 saturated carbocycles. The highest BCUT2D eigenvalue weighted by molar-refractivity contribution is 4.93. The van der Waals surface area contributed by atoms with Crippen LogP contribution in [0, 0.1) is 5.92 Å². The van der Waals surface area contributed by atoms with Crippen molar-refractivity contribution in [3.05, 3.63) is 12.2 Å². The normalized spacial score (nSPS) is 20.6. The van der Waals surface area contributed by atoms with Crippen LogP contribution < -0.4 is 5.32 Å². The molecule has 0 radical (unpaired) electrons. The predicted molar refractivity (Wildman–Crippen MR) is 53.9 cm³/mol. The van der Waals surface area contributed by atoms with E-state index < -0.39 is 0 Å². The molecule has 0 saturated heterocycles. The molecule has 0 aromatic rings. The highest BCUT2D eigenvalue weighted by atomic mass is 14.9. The lowest BCUT2D eigenvalue weighted by Crippen LogP contribution is -2.23. The average Bonchev–Trinajstić information content (AvgIpc) is 2.13. The first kappa shape index (κ1) is 13.3. The lowest BCUT2D eigenvalue weighted by Gasteiger charge is -2.10. The zero-order valence-corrected chi connectivity index (χ0v) is 8.65. The summed E-state index contributed by atoms with van der Waals surface area (Å²) in [4.78, 5) is 0. The second kappa shape index (κ2) is 12.4. The van der Waals surface area contributed by atoms with Gasteiger partial charge in [-0.15, -0.1) is 0 Å². The minimum absolute atomic E-state index is 0.744. The van der Waals surface area contributed by atoms with E-state index in [0.29, 0.717) is 0 Å². The quantitative estimate of drug-likeness (QED) is 0.533. The third-order valence-electron chi connectivity index (χ3n) is 1.19. The van der Waals surface area contributed by atoms with Crippen molar-refractivity contribution < 1.29 is 0 Å². The van der Waals surface area contributed by atoms with Crippen LogP contribution in [0.15, 0.2) is 12.2 Å². The van der Waals surface area contributed by atoms with Gasteiger partial charge in [0.1, 0.15) is 0 Å². The van der Waals surface area contributed by atoms with Crippen LogP contribution >= 0.6 is 0 Å². The molecule has 1 atom stereocenters. The van der Waals surface area contributed by atoms with Crippen molar-refractivity contribution in [2.45, 2.75) is 34.6 Å². The fourth-order valence-corrected chi connectivity index (χ4v) is 0.763. The van der Waals surface area contributed by atoms with Gasteiger partial charge in [-0.3, -0.25) is 0 Å². The van der Waals surface area contributed by atoms with Crippen molar-refractivity contribution in [2.24, 2.45) is 5.92 Å². The maximum Gasteiger partial charge on any atom is 0.0135 e. The first-order valence-electron chi connectivity index (χ1n) is 4.77. The summed E-state index contributed by atoms with van der Waals surface area (Å²) in [6.07, 6.45) is 4.42. The Morgan fingerprint density at radius 1 is 1.18 bits per heavy atom. The van der Waals surface area contributed by atoms with Crippen LogP contribution in [0.2, 0.25) is 0 Å². The van der Waals surface area contributed by atoms with Gasteiger partial charge < -0.3 is 5.32 Å². The molecule has 1 unspecified atom stereocenters. The van der Waals surface area contributed by atoms with Gasteiger partial charge in [0.2, 0.25) is 0 Å². The van der Waals surface area contributed by atoms with Gasteiger partial charge in [0.15, 0.2) is 0 Å². The molecule has 11 heavy (non-hydrogen) atoms. The van der Waals surface area contributed by atoms with Gasteiger partial charge >= 0.3 is 0 Å². The van der Waals surface area contributed by atoms with Crippen molar-refractivity contribution in [2.75, 3.05) is 13.1 Å². The number of hydrogen-bond donors (Lipinski definition) is 1. The number of hydrogen-bond acceptors (Lipinski definition) is 1. The number of nitrogens with one attached hydrogen (secondary N) is 1. The fourth-order valence-electron chi connectivity index (χ4n) is 0.763. The molecular formula is C10H23N. The standard InChI is InChI=1S/C6H11N.2C2H6/c1-6-3-2-4-7-5-6;2*1-2/h2-3,6-7H,4-5H2,1H3;2*1-2H3. The summed E-state index contributed by atoms with van der Waals surface area (Å²) in [7, 11) is 0. The predicted octanol–water partition coefficient (Wildman–Crippen LogP) is 2.83. The van der Waals surface area contributed by atoms with E-state index in [4.69, 9.17) is 0 Å². The van der Waals surface area contributed by atoms with Crippen LogP contribution in [0.4, 0.5) is 0 Å². The molecule has 0 amide bonds. The summed E-state index contributed by atoms with van der Waals surface area (Å²) < 4.78 is 0. The van der Waals surface area contributed by atoms with Gasteiger partial charge in [0.05, 0.1) is 0 Å². The molecule has 1 rings (SSSR count). The van der Waals surface area contributed by atoms with Crippen LogP contribution in [0.25, 0.3) is 0 Å². The molecule has 0 aromatic carbocycles. The Morgan fingerprint density at radius 3 is 1.91 bits per heavy atom. The first-order chi connectivity index (χ1) is 5.39. The van der Waals surface area contributed by atoms with Gasteiger partial charge in [0.25, 0.3) is 0 Å². The van der Waals surface area contributed by atoms with Gasteiger partial charge in [-0.25, -0.2) is 0 Å². The maximum absolute atomic E-state index is 3.25. The Labute approximate surface area is 71.9 Å². The van der Waals surface area contributed by atoms with E-state index in [-0.39, 0.29) is 0 Å². The van der Waals surface area contributed by atoms with Crippen LogP contribution in [-0.4, -0.2) is 13.1 Å². The van der Waals surface area contributed by atoms with Crippen molar-refractivity contribution in [1.29, 1.82) is 0 Å². The molecule has 1 aliphatic heterocycles. The smallest absolute Gasteiger partial charge is 0.0135 e. The van der Waals surface area contributed by atoms with Crippen LogP contribution in [0.1, 0.15) is 34.6 Å². The zero-order valence-electron chi connectivity index (χ0n) is 8.65. The lowest BCUT2D eigenvalue weighted by molar-refractivity contribution is 0.599. The van der Waals surface area contributed by atoms with E-state index in [2.05, 4.69) is 24.4 Å². The second-order valence-electron chi connectivity index (χ2n) is 2.06. The molecular weight excluding hydrogens is 134 g/mol. The molecule has 0 aliphatic carbocycles. The molecule has 0 spiro atoms. The van der Waals surface area contributed by atoms with Gasteiger partial charge in [-0.1, -0.05) is 46.8 Å². The van der Waals surface area contributed by atoms with Crippen molar-refractivity contribution in [3.8, 4) is 0 Å². The summed E-state index contributed by atoms with van der Waals surface area (Å²) in [5, 5.41) is 3.25. The Bertz CT molecular complexity index is 76.9. The Kier molecular flexibility index (Phi) is 15.0. The maximum atomic E-state index is 3.25.